The van der Waals surface area contributed by atoms with Gasteiger partial charge in [0.25, 0.3) is 5.69 Å². The molecule has 13 heteroatoms. The molecule has 2 heterocycles. The minimum Gasteiger partial charge on any atom is -0.476 e. The van der Waals surface area contributed by atoms with Crippen LogP contribution in [0.25, 0.3) is 11.2 Å². The van der Waals surface area contributed by atoms with Gasteiger partial charge in [-0.1, -0.05) is 12.1 Å². The number of nitrogens with zero attached hydrogens (tertiary/aromatic N) is 5. The standard InChI is InChI=1S/C20H22N6O7/c1-12(27)32-10-16(33-13(2)28)9-25-11-22-17-18(25)23-20(21)24-19(17)31-8-7-14-3-5-15(6-4-14)26(29)30/h3-6,11,16H,7-10H2,1-2H3,(H2,21,23,24)/t16-/m0/s1. The van der Waals surface area contributed by atoms with Crippen molar-refractivity contribution in [3.8, 4) is 5.88 Å². The second-order valence-electron chi connectivity index (χ2n) is 7.01. The van der Waals surface area contributed by atoms with Crippen LogP contribution in [0.2, 0.25) is 0 Å². The summed E-state index contributed by atoms with van der Waals surface area (Å²) in [6.45, 7) is 2.71. The number of esters is 2. The van der Waals surface area contributed by atoms with E-state index in [0.717, 1.165) is 5.56 Å². The van der Waals surface area contributed by atoms with Crippen molar-refractivity contribution in [2.75, 3.05) is 18.9 Å². The Balaban J connectivity index is 1.73. The number of nitro benzene ring substituents is 1. The molecule has 1 aromatic carbocycles. The van der Waals surface area contributed by atoms with Crippen LogP contribution in [-0.2, 0) is 32.0 Å². The van der Waals surface area contributed by atoms with Crippen LogP contribution in [0.3, 0.4) is 0 Å². The Hall–Kier alpha value is -4.29. The van der Waals surface area contributed by atoms with E-state index in [9.17, 15) is 19.7 Å². The van der Waals surface area contributed by atoms with Crippen molar-refractivity contribution in [2.24, 2.45) is 0 Å². The third kappa shape index (κ3) is 6.35. The van der Waals surface area contributed by atoms with E-state index in [4.69, 9.17) is 19.9 Å². The third-order valence-electron chi connectivity index (χ3n) is 4.43. The van der Waals surface area contributed by atoms with Crippen molar-refractivity contribution in [1.29, 1.82) is 0 Å². The first-order valence-corrected chi connectivity index (χ1v) is 9.88. The lowest BCUT2D eigenvalue weighted by atomic mass is 10.1. The maximum Gasteiger partial charge on any atom is 0.303 e. The average molecular weight is 458 g/mol. The van der Waals surface area contributed by atoms with Gasteiger partial charge in [0.15, 0.2) is 17.3 Å². The minimum absolute atomic E-state index is 0.0104. The van der Waals surface area contributed by atoms with Crippen molar-refractivity contribution < 1.29 is 28.7 Å². The van der Waals surface area contributed by atoms with Gasteiger partial charge in [0.1, 0.15) is 6.61 Å². The summed E-state index contributed by atoms with van der Waals surface area (Å²) >= 11 is 0. The highest BCUT2D eigenvalue weighted by Crippen LogP contribution is 2.23. The van der Waals surface area contributed by atoms with E-state index in [1.165, 1.54) is 32.3 Å². The van der Waals surface area contributed by atoms with Crippen LogP contribution in [0.1, 0.15) is 19.4 Å². The number of non-ortho nitro benzene ring substituents is 1. The molecule has 0 aliphatic heterocycles. The second kappa shape index (κ2) is 10.3. The SMILES string of the molecule is CC(=O)OC[C@H](Cn1cnc2c(OCCc3ccc([N+](=O)[O-])cc3)nc(N)nc21)OC(C)=O. The van der Waals surface area contributed by atoms with Crippen LogP contribution < -0.4 is 10.5 Å². The fourth-order valence-electron chi connectivity index (χ4n) is 3.01. The molecule has 3 rings (SSSR count). The normalized spacial score (nSPS) is 11.7. The zero-order valence-corrected chi connectivity index (χ0v) is 18.0. The zero-order valence-electron chi connectivity index (χ0n) is 18.0. The lowest BCUT2D eigenvalue weighted by Gasteiger charge is -2.17. The number of anilines is 1. The number of hydrogen-bond donors (Lipinski definition) is 1. The summed E-state index contributed by atoms with van der Waals surface area (Å²) in [4.78, 5) is 45.4. The molecule has 0 amide bonds. The fourth-order valence-corrected chi connectivity index (χ4v) is 3.01. The Kier molecular flexibility index (Phi) is 7.33. The van der Waals surface area contributed by atoms with E-state index in [2.05, 4.69) is 15.0 Å². The van der Waals surface area contributed by atoms with Gasteiger partial charge in [0, 0.05) is 32.4 Å². The molecule has 2 N–H and O–H groups in total. The van der Waals surface area contributed by atoms with Gasteiger partial charge in [0.05, 0.1) is 24.4 Å². The van der Waals surface area contributed by atoms with Gasteiger partial charge in [0.2, 0.25) is 11.8 Å². The van der Waals surface area contributed by atoms with Crippen molar-refractivity contribution in [1.82, 2.24) is 19.5 Å². The lowest BCUT2D eigenvalue weighted by molar-refractivity contribution is -0.384. The maximum absolute atomic E-state index is 11.4. The number of carbonyl (C=O) groups excluding carboxylic acids is 2. The predicted molar refractivity (Wildman–Crippen MR) is 114 cm³/mol. The number of fused-ring (bicyclic) bond motifs is 1. The predicted octanol–water partition coefficient (Wildman–Crippen LogP) is 1.43. The van der Waals surface area contributed by atoms with Crippen LogP contribution in [0, 0.1) is 10.1 Å². The first-order valence-electron chi connectivity index (χ1n) is 9.88. The summed E-state index contributed by atoms with van der Waals surface area (Å²) in [6.07, 6.45) is 1.18. The molecule has 0 aliphatic carbocycles. The second-order valence-corrected chi connectivity index (χ2v) is 7.01. The fraction of sp³-hybridized carbons (Fsp3) is 0.350. The summed E-state index contributed by atoms with van der Waals surface area (Å²) in [5.41, 5.74) is 7.39. The molecule has 0 spiro atoms. The number of rotatable bonds is 10. The van der Waals surface area contributed by atoms with Crippen molar-refractivity contribution in [3.63, 3.8) is 0 Å². The molecular weight excluding hydrogens is 436 g/mol. The highest BCUT2D eigenvalue weighted by molar-refractivity contribution is 5.77. The number of hydrogen-bond acceptors (Lipinski definition) is 11. The van der Waals surface area contributed by atoms with Crippen LogP contribution in [0.15, 0.2) is 30.6 Å². The van der Waals surface area contributed by atoms with E-state index in [1.54, 1.807) is 16.7 Å². The Morgan fingerprint density at radius 3 is 2.55 bits per heavy atom. The average Bonchev–Trinajstić information content (AvgIpc) is 3.14. The minimum atomic E-state index is -0.758. The molecule has 0 saturated carbocycles. The molecule has 0 radical (unpaired) electrons. The molecule has 0 fully saturated rings. The number of nitro groups is 1. The molecule has 0 unspecified atom stereocenters. The number of benzene rings is 1. The Labute approximate surface area is 187 Å². The molecule has 13 nitrogen and oxygen atoms in total. The lowest BCUT2D eigenvalue weighted by Crippen LogP contribution is -2.28. The van der Waals surface area contributed by atoms with Gasteiger partial charge in [-0.25, -0.2) is 4.98 Å². The summed E-state index contributed by atoms with van der Waals surface area (Å²) in [5.74, 6) is -0.903. The number of imidazole rings is 1. The van der Waals surface area contributed by atoms with E-state index < -0.39 is 23.0 Å². The molecule has 1 atom stereocenters. The first-order chi connectivity index (χ1) is 15.7. The smallest absolute Gasteiger partial charge is 0.303 e. The van der Waals surface area contributed by atoms with E-state index in [0.29, 0.717) is 17.6 Å². The molecule has 0 aliphatic rings. The number of nitrogen functional groups attached to an aromatic ring is 1. The number of carbonyl (C=O) groups is 2. The van der Waals surface area contributed by atoms with Crippen LogP contribution in [0.5, 0.6) is 5.88 Å². The molecule has 174 valence electrons. The maximum atomic E-state index is 11.4. The first kappa shape index (κ1) is 23.4. The topological polar surface area (TPSA) is 175 Å². The Morgan fingerprint density at radius 2 is 1.91 bits per heavy atom. The van der Waals surface area contributed by atoms with Gasteiger partial charge in [-0.2, -0.15) is 9.97 Å². The van der Waals surface area contributed by atoms with Crippen LogP contribution in [-0.4, -0.2) is 55.7 Å². The van der Waals surface area contributed by atoms with Crippen molar-refractivity contribution in [2.45, 2.75) is 32.9 Å². The van der Waals surface area contributed by atoms with Gasteiger partial charge < -0.3 is 24.5 Å². The highest BCUT2D eigenvalue weighted by Gasteiger charge is 2.19. The molecule has 0 saturated heterocycles. The molecule has 33 heavy (non-hydrogen) atoms. The van der Waals surface area contributed by atoms with Gasteiger partial charge in [-0.3, -0.25) is 19.7 Å². The van der Waals surface area contributed by atoms with Gasteiger partial charge in [-0.15, -0.1) is 0 Å². The van der Waals surface area contributed by atoms with E-state index in [1.807, 2.05) is 0 Å². The molecule has 3 aromatic rings. The molecule has 2 aromatic heterocycles. The van der Waals surface area contributed by atoms with Gasteiger partial charge in [-0.05, 0) is 5.56 Å². The number of nitrogens with two attached hydrogens (primary N) is 1. The zero-order chi connectivity index (χ0) is 24.0. The monoisotopic (exact) mass is 458 g/mol. The van der Waals surface area contributed by atoms with E-state index in [-0.39, 0.29) is 37.3 Å². The molecule has 0 bridgehead atoms. The van der Waals surface area contributed by atoms with Crippen molar-refractivity contribution in [3.05, 3.63) is 46.3 Å². The van der Waals surface area contributed by atoms with Crippen LogP contribution in [0.4, 0.5) is 11.6 Å². The highest BCUT2D eigenvalue weighted by atomic mass is 16.6. The summed E-state index contributed by atoms with van der Waals surface area (Å²) < 4.78 is 17.5. The van der Waals surface area contributed by atoms with Crippen LogP contribution >= 0.6 is 0 Å². The summed E-state index contributed by atoms with van der Waals surface area (Å²) in [6, 6.07) is 6.15. The molecular formula is C20H22N6O7. The Morgan fingerprint density at radius 1 is 1.18 bits per heavy atom. The largest absolute Gasteiger partial charge is 0.476 e. The summed E-state index contributed by atoms with van der Waals surface area (Å²) in [7, 11) is 0. The number of aromatic nitrogens is 4. The Bertz CT molecular complexity index is 1160. The number of ether oxygens (including phenoxy) is 3. The quantitative estimate of drug-likeness (QED) is 0.264. The summed E-state index contributed by atoms with van der Waals surface area (Å²) in [5, 5.41) is 10.8. The van der Waals surface area contributed by atoms with E-state index >= 15 is 0 Å². The third-order valence-corrected chi connectivity index (χ3v) is 4.43. The van der Waals surface area contributed by atoms with Crippen molar-refractivity contribution >= 4 is 34.7 Å². The van der Waals surface area contributed by atoms with Gasteiger partial charge >= 0.3 is 11.9 Å².